The average Bonchev–Trinajstić information content (AvgIpc) is 1.87. The molecule has 1 atom stereocenters. The second-order valence-corrected chi connectivity index (χ2v) is 2.29. The molecule has 0 heterocycles. The van der Waals surface area contributed by atoms with Crippen LogP contribution in [-0.2, 0) is 4.84 Å². The van der Waals surface area contributed by atoms with E-state index in [0.717, 1.165) is 5.57 Å². The van der Waals surface area contributed by atoms with Gasteiger partial charge < -0.3 is 5.11 Å². The van der Waals surface area contributed by atoms with Crippen molar-refractivity contribution >= 4 is 0 Å². The van der Waals surface area contributed by atoms with E-state index in [4.69, 9.17) is 9.94 Å². The van der Waals surface area contributed by atoms with Gasteiger partial charge in [-0.2, -0.15) is 5.48 Å². The maximum Gasteiger partial charge on any atom is 0.126 e. The first-order valence-corrected chi connectivity index (χ1v) is 3.36. The van der Waals surface area contributed by atoms with Crippen molar-refractivity contribution in [2.24, 2.45) is 0 Å². The largest absolute Gasteiger partial charge is 0.377 e. The van der Waals surface area contributed by atoms with Crippen LogP contribution in [0.3, 0.4) is 0 Å². The van der Waals surface area contributed by atoms with Gasteiger partial charge >= 0.3 is 0 Å². The molecule has 1 unspecified atom stereocenters. The molecule has 2 N–H and O–H groups in total. The van der Waals surface area contributed by atoms with Gasteiger partial charge in [-0.3, -0.25) is 4.84 Å². The van der Waals surface area contributed by atoms with E-state index < -0.39 is 6.23 Å². The lowest BCUT2D eigenvalue weighted by Crippen LogP contribution is -2.28. The number of hydrogen-bond donors (Lipinski definition) is 2. The van der Waals surface area contributed by atoms with Crippen LogP contribution in [-0.4, -0.2) is 17.9 Å². The van der Waals surface area contributed by atoms with Crippen molar-refractivity contribution in [3.05, 3.63) is 12.2 Å². The van der Waals surface area contributed by atoms with Crippen LogP contribution < -0.4 is 5.48 Å². The van der Waals surface area contributed by atoms with Crippen LogP contribution >= 0.6 is 0 Å². The van der Waals surface area contributed by atoms with Gasteiger partial charge in [0.2, 0.25) is 0 Å². The van der Waals surface area contributed by atoms with Crippen molar-refractivity contribution in [2.45, 2.75) is 26.5 Å². The summed E-state index contributed by atoms with van der Waals surface area (Å²) in [7, 11) is 0. The van der Waals surface area contributed by atoms with Crippen molar-refractivity contribution in [1.82, 2.24) is 5.48 Å². The van der Waals surface area contributed by atoms with Gasteiger partial charge in [0.15, 0.2) is 0 Å². The first-order chi connectivity index (χ1) is 4.66. The van der Waals surface area contributed by atoms with Gasteiger partial charge in [-0.25, -0.2) is 0 Å². The molecule has 0 radical (unpaired) electrons. The van der Waals surface area contributed by atoms with Crippen LogP contribution in [0.25, 0.3) is 0 Å². The fourth-order valence-corrected chi connectivity index (χ4v) is 0.344. The molecule has 60 valence electrons. The Labute approximate surface area is 61.7 Å². The lowest BCUT2D eigenvalue weighted by molar-refractivity contribution is -0.0488. The highest BCUT2D eigenvalue weighted by Crippen LogP contribution is 1.88. The molecule has 0 amide bonds. The minimum Gasteiger partial charge on any atom is -0.377 e. The van der Waals surface area contributed by atoms with Gasteiger partial charge in [-0.05, 0) is 13.3 Å². The smallest absolute Gasteiger partial charge is 0.126 e. The van der Waals surface area contributed by atoms with Gasteiger partial charge in [0.25, 0.3) is 0 Å². The minimum absolute atomic E-state index is 0.442. The number of nitrogens with one attached hydrogen (secondary N) is 1. The van der Waals surface area contributed by atoms with Crippen LogP contribution in [0.5, 0.6) is 0 Å². The SMILES string of the molecule is C=C(C)CONC(O)CC. The fraction of sp³-hybridized carbons (Fsp3) is 0.714. The Morgan fingerprint density at radius 3 is 2.80 bits per heavy atom. The quantitative estimate of drug-likeness (QED) is 0.342. The molecular weight excluding hydrogens is 130 g/mol. The normalized spacial score (nSPS) is 13.1. The maximum atomic E-state index is 8.91. The van der Waals surface area contributed by atoms with E-state index in [1.165, 1.54) is 0 Å². The molecule has 0 aromatic rings. The Kier molecular flexibility index (Phi) is 5.20. The zero-order valence-corrected chi connectivity index (χ0v) is 6.55. The molecule has 0 bridgehead atoms. The second kappa shape index (κ2) is 5.41. The second-order valence-electron chi connectivity index (χ2n) is 2.29. The van der Waals surface area contributed by atoms with E-state index in [9.17, 15) is 0 Å². The Morgan fingerprint density at radius 1 is 1.80 bits per heavy atom. The third-order valence-corrected chi connectivity index (χ3v) is 0.925. The van der Waals surface area contributed by atoms with Crippen molar-refractivity contribution in [3.63, 3.8) is 0 Å². The summed E-state index contributed by atoms with van der Waals surface area (Å²) in [5.41, 5.74) is 3.39. The maximum absolute atomic E-state index is 8.91. The third-order valence-electron chi connectivity index (χ3n) is 0.925. The van der Waals surface area contributed by atoms with E-state index in [1.807, 2.05) is 13.8 Å². The predicted molar refractivity (Wildman–Crippen MR) is 40.2 cm³/mol. The Morgan fingerprint density at radius 2 is 2.40 bits per heavy atom. The fourth-order valence-electron chi connectivity index (χ4n) is 0.344. The van der Waals surface area contributed by atoms with E-state index in [2.05, 4.69) is 12.1 Å². The van der Waals surface area contributed by atoms with Gasteiger partial charge in [-0.1, -0.05) is 19.1 Å². The molecule has 0 aliphatic carbocycles. The summed E-state index contributed by atoms with van der Waals surface area (Å²) in [4.78, 5) is 4.85. The van der Waals surface area contributed by atoms with Crippen LogP contribution in [0.1, 0.15) is 20.3 Å². The number of hydrogen-bond acceptors (Lipinski definition) is 3. The molecule has 3 nitrogen and oxygen atoms in total. The van der Waals surface area contributed by atoms with Crippen LogP contribution in [0, 0.1) is 0 Å². The summed E-state index contributed by atoms with van der Waals surface area (Å²) in [6, 6.07) is 0. The molecule has 0 aliphatic rings. The van der Waals surface area contributed by atoms with Gasteiger partial charge in [0, 0.05) is 0 Å². The number of aliphatic hydroxyl groups excluding tert-OH is 1. The first kappa shape index (κ1) is 9.62. The average molecular weight is 145 g/mol. The molecule has 0 fully saturated rings. The summed E-state index contributed by atoms with van der Waals surface area (Å²) in [6.45, 7) is 7.80. The monoisotopic (exact) mass is 145 g/mol. The Balaban J connectivity index is 3.11. The standard InChI is InChI=1S/C7H15NO2/c1-4-7(9)8-10-5-6(2)3/h7-9H,2,4-5H2,1,3H3. The Hall–Kier alpha value is -0.380. The molecule has 0 saturated heterocycles. The van der Waals surface area contributed by atoms with E-state index in [0.29, 0.717) is 13.0 Å². The molecule has 0 spiro atoms. The highest BCUT2D eigenvalue weighted by molar-refractivity contribution is 4.86. The van der Waals surface area contributed by atoms with Gasteiger partial charge in [0.1, 0.15) is 6.23 Å². The molecule has 0 aliphatic heterocycles. The summed E-state index contributed by atoms with van der Waals surface area (Å²) in [5.74, 6) is 0. The van der Waals surface area contributed by atoms with Crippen LogP contribution in [0.4, 0.5) is 0 Å². The number of hydroxylamine groups is 1. The van der Waals surface area contributed by atoms with E-state index >= 15 is 0 Å². The topological polar surface area (TPSA) is 41.5 Å². The highest BCUT2D eigenvalue weighted by atomic mass is 16.7. The molecule has 10 heavy (non-hydrogen) atoms. The molecule has 3 heteroatoms. The third kappa shape index (κ3) is 5.75. The van der Waals surface area contributed by atoms with Gasteiger partial charge in [-0.15, -0.1) is 0 Å². The summed E-state index contributed by atoms with van der Waals surface area (Å²) in [5, 5.41) is 8.91. The van der Waals surface area contributed by atoms with Crippen molar-refractivity contribution < 1.29 is 9.94 Å². The summed E-state index contributed by atoms with van der Waals surface area (Å²) in [6.07, 6.45) is 0.0651. The molecule has 0 aromatic heterocycles. The lowest BCUT2D eigenvalue weighted by Gasteiger charge is -2.09. The summed E-state index contributed by atoms with van der Waals surface area (Å²) < 4.78 is 0. The predicted octanol–water partition coefficient (Wildman–Crippen LogP) is 0.812. The summed E-state index contributed by atoms with van der Waals surface area (Å²) >= 11 is 0. The van der Waals surface area contributed by atoms with E-state index in [-0.39, 0.29) is 0 Å². The number of rotatable bonds is 5. The Bertz CT molecular complexity index is 104. The van der Waals surface area contributed by atoms with Crippen molar-refractivity contribution in [3.8, 4) is 0 Å². The van der Waals surface area contributed by atoms with Gasteiger partial charge in [0.05, 0.1) is 6.61 Å². The van der Waals surface area contributed by atoms with Crippen molar-refractivity contribution in [2.75, 3.05) is 6.61 Å². The van der Waals surface area contributed by atoms with E-state index in [1.54, 1.807) is 0 Å². The molecule has 0 saturated carbocycles. The van der Waals surface area contributed by atoms with Crippen LogP contribution in [0.2, 0.25) is 0 Å². The molecule has 0 aromatic carbocycles. The molecule has 0 rings (SSSR count). The first-order valence-electron chi connectivity index (χ1n) is 3.36. The zero-order chi connectivity index (χ0) is 7.98. The molecular formula is C7H15NO2. The highest BCUT2D eigenvalue weighted by Gasteiger charge is 1.96. The lowest BCUT2D eigenvalue weighted by atomic mass is 10.4. The zero-order valence-electron chi connectivity index (χ0n) is 6.55. The number of aliphatic hydroxyl groups is 1. The minimum atomic E-state index is -0.570. The van der Waals surface area contributed by atoms with Crippen LogP contribution in [0.15, 0.2) is 12.2 Å². The van der Waals surface area contributed by atoms with Crippen molar-refractivity contribution in [1.29, 1.82) is 0 Å².